The normalized spacial score (nSPS) is 13.8. The van der Waals surface area contributed by atoms with Gasteiger partial charge in [-0.25, -0.2) is 13.1 Å². The SMILES string of the molecule is C[C@H](CS)NS(=O)(=O)c1ccc(I)cc1. The molecule has 1 atom stereocenters. The van der Waals surface area contributed by atoms with Gasteiger partial charge in [0, 0.05) is 15.4 Å². The third-order valence-corrected chi connectivity index (χ3v) is 4.63. The van der Waals surface area contributed by atoms with Gasteiger partial charge in [-0.05, 0) is 53.8 Å². The highest BCUT2D eigenvalue weighted by atomic mass is 127. The van der Waals surface area contributed by atoms with E-state index in [1.54, 1.807) is 31.2 Å². The summed E-state index contributed by atoms with van der Waals surface area (Å²) in [4.78, 5) is 0.288. The van der Waals surface area contributed by atoms with Crippen LogP contribution in [0.15, 0.2) is 29.2 Å². The van der Waals surface area contributed by atoms with Crippen LogP contribution in [0.5, 0.6) is 0 Å². The summed E-state index contributed by atoms with van der Waals surface area (Å²) in [5.41, 5.74) is 0. The lowest BCUT2D eigenvalue weighted by Gasteiger charge is -2.11. The quantitative estimate of drug-likeness (QED) is 0.639. The number of benzene rings is 1. The van der Waals surface area contributed by atoms with E-state index < -0.39 is 10.0 Å². The fraction of sp³-hybridized carbons (Fsp3) is 0.333. The van der Waals surface area contributed by atoms with Crippen LogP contribution in [0, 0.1) is 3.57 Å². The van der Waals surface area contributed by atoms with Crippen molar-refractivity contribution < 1.29 is 8.42 Å². The lowest BCUT2D eigenvalue weighted by atomic mass is 10.4. The van der Waals surface area contributed by atoms with E-state index in [1.807, 2.05) is 0 Å². The third-order valence-electron chi connectivity index (χ3n) is 1.75. The monoisotopic (exact) mass is 357 g/mol. The fourth-order valence-electron chi connectivity index (χ4n) is 0.984. The number of hydrogen-bond donors (Lipinski definition) is 2. The van der Waals surface area contributed by atoms with Gasteiger partial charge in [0.05, 0.1) is 4.90 Å². The van der Waals surface area contributed by atoms with Crippen LogP contribution in [0.1, 0.15) is 6.92 Å². The average molecular weight is 357 g/mol. The molecule has 0 amide bonds. The minimum Gasteiger partial charge on any atom is -0.208 e. The summed E-state index contributed by atoms with van der Waals surface area (Å²) < 4.78 is 27.1. The standard InChI is InChI=1S/C9H12INO2S2/c1-7(6-14)11-15(12,13)9-4-2-8(10)3-5-9/h2-5,7,11,14H,6H2,1H3/t7-/m1/s1. The molecule has 0 aliphatic heterocycles. The maximum Gasteiger partial charge on any atom is 0.240 e. The number of halogens is 1. The first-order valence-corrected chi connectivity index (χ1v) is 7.54. The van der Waals surface area contributed by atoms with Crippen LogP contribution in [0.2, 0.25) is 0 Å². The van der Waals surface area contributed by atoms with Gasteiger partial charge in [0.1, 0.15) is 0 Å². The molecule has 0 saturated carbocycles. The Morgan fingerprint density at radius 1 is 1.40 bits per heavy atom. The zero-order valence-corrected chi connectivity index (χ0v) is 12.0. The van der Waals surface area contributed by atoms with E-state index in [9.17, 15) is 8.42 Å². The van der Waals surface area contributed by atoms with Crippen molar-refractivity contribution in [2.75, 3.05) is 5.75 Å². The van der Waals surface area contributed by atoms with Gasteiger partial charge in [0.15, 0.2) is 0 Å². The van der Waals surface area contributed by atoms with Crippen LogP contribution in [0.3, 0.4) is 0 Å². The van der Waals surface area contributed by atoms with Crippen LogP contribution in [-0.2, 0) is 10.0 Å². The molecular weight excluding hydrogens is 345 g/mol. The summed E-state index contributed by atoms with van der Waals surface area (Å²) in [6, 6.07) is 6.55. The highest BCUT2D eigenvalue weighted by molar-refractivity contribution is 14.1. The topological polar surface area (TPSA) is 46.2 Å². The summed E-state index contributed by atoms with van der Waals surface area (Å²) in [5, 5.41) is 0. The number of sulfonamides is 1. The molecule has 0 heterocycles. The Hall–Kier alpha value is 0.210. The molecular formula is C9H12INO2S2. The minimum atomic E-state index is -3.39. The van der Waals surface area contributed by atoms with E-state index in [-0.39, 0.29) is 10.9 Å². The van der Waals surface area contributed by atoms with Crippen LogP contribution >= 0.6 is 35.2 Å². The van der Waals surface area contributed by atoms with Gasteiger partial charge in [-0.2, -0.15) is 12.6 Å². The molecule has 0 aromatic heterocycles. The second kappa shape index (κ2) is 5.51. The van der Waals surface area contributed by atoms with Crippen molar-refractivity contribution in [2.45, 2.75) is 17.9 Å². The predicted molar refractivity (Wildman–Crippen MR) is 72.8 cm³/mol. The summed E-state index contributed by atoms with van der Waals surface area (Å²) in [6.07, 6.45) is 0. The molecule has 1 rings (SSSR count). The first-order valence-electron chi connectivity index (χ1n) is 4.34. The summed E-state index contributed by atoms with van der Waals surface area (Å²) >= 11 is 6.16. The number of rotatable bonds is 4. The Morgan fingerprint density at radius 3 is 2.40 bits per heavy atom. The van der Waals surface area contributed by atoms with Crippen LogP contribution in [0.25, 0.3) is 0 Å². The largest absolute Gasteiger partial charge is 0.240 e. The highest BCUT2D eigenvalue weighted by Crippen LogP contribution is 2.12. The zero-order chi connectivity index (χ0) is 11.5. The second-order valence-corrected chi connectivity index (χ2v) is 6.48. The van der Waals surface area contributed by atoms with Gasteiger partial charge >= 0.3 is 0 Å². The first kappa shape index (κ1) is 13.3. The Bertz CT molecular complexity index is 416. The van der Waals surface area contributed by atoms with E-state index in [0.29, 0.717) is 5.75 Å². The van der Waals surface area contributed by atoms with E-state index in [2.05, 4.69) is 39.9 Å². The molecule has 1 aromatic carbocycles. The highest BCUT2D eigenvalue weighted by Gasteiger charge is 2.15. The van der Waals surface area contributed by atoms with Gasteiger partial charge < -0.3 is 0 Å². The van der Waals surface area contributed by atoms with E-state index in [4.69, 9.17) is 0 Å². The molecule has 0 unspecified atom stereocenters. The number of nitrogens with one attached hydrogen (secondary N) is 1. The molecule has 84 valence electrons. The van der Waals surface area contributed by atoms with E-state index >= 15 is 0 Å². The van der Waals surface area contributed by atoms with Crippen molar-refractivity contribution >= 4 is 45.2 Å². The molecule has 0 bridgehead atoms. The summed E-state index contributed by atoms with van der Waals surface area (Å²) in [5.74, 6) is 0.476. The number of thiol groups is 1. The summed E-state index contributed by atoms with van der Waals surface area (Å²) in [7, 11) is -3.39. The van der Waals surface area contributed by atoms with Gasteiger partial charge in [-0.3, -0.25) is 0 Å². The van der Waals surface area contributed by atoms with Crippen LogP contribution in [-0.4, -0.2) is 20.2 Å². The summed E-state index contributed by atoms with van der Waals surface area (Å²) in [6.45, 7) is 1.78. The van der Waals surface area contributed by atoms with Gasteiger partial charge in [-0.1, -0.05) is 0 Å². The maximum absolute atomic E-state index is 11.8. The lowest BCUT2D eigenvalue weighted by Crippen LogP contribution is -2.33. The van der Waals surface area contributed by atoms with Crippen LogP contribution < -0.4 is 4.72 Å². The molecule has 3 nitrogen and oxygen atoms in total. The van der Waals surface area contributed by atoms with Gasteiger partial charge in [0.2, 0.25) is 10.0 Å². The Labute approximate surface area is 109 Å². The van der Waals surface area contributed by atoms with Crippen molar-refractivity contribution in [1.29, 1.82) is 0 Å². The molecule has 0 fully saturated rings. The smallest absolute Gasteiger partial charge is 0.208 e. The molecule has 6 heteroatoms. The Kier molecular flexibility index (Phi) is 4.88. The third kappa shape index (κ3) is 3.93. The molecule has 0 saturated heterocycles. The Balaban J connectivity index is 2.91. The van der Waals surface area contributed by atoms with Crippen molar-refractivity contribution in [3.8, 4) is 0 Å². The van der Waals surface area contributed by atoms with Crippen LogP contribution in [0.4, 0.5) is 0 Å². The molecule has 1 aromatic rings. The molecule has 0 aliphatic carbocycles. The van der Waals surface area contributed by atoms with Gasteiger partial charge in [0.25, 0.3) is 0 Å². The second-order valence-electron chi connectivity index (χ2n) is 3.16. The Morgan fingerprint density at radius 2 is 1.93 bits per heavy atom. The maximum atomic E-state index is 11.8. The van der Waals surface area contributed by atoms with Crippen molar-refractivity contribution in [3.63, 3.8) is 0 Å². The van der Waals surface area contributed by atoms with Crippen molar-refractivity contribution in [3.05, 3.63) is 27.8 Å². The molecule has 0 radical (unpaired) electrons. The average Bonchev–Trinajstić information content (AvgIpc) is 2.17. The van der Waals surface area contributed by atoms with E-state index in [1.165, 1.54) is 0 Å². The molecule has 0 aliphatic rings. The zero-order valence-electron chi connectivity index (χ0n) is 8.14. The molecule has 0 spiro atoms. The predicted octanol–water partition coefficient (Wildman–Crippen LogP) is 1.89. The minimum absolute atomic E-state index is 0.169. The van der Waals surface area contributed by atoms with Gasteiger partial charge in [-0.15, -0.1) is 0 Å². The number of hydrogen-bond acceptors (Lipinski definition) is 3. The first-order chi connectivity index (χ1) is 6.95. The molecule has 1 N–H and O–H groups in total. The fourth-order valence-corrected chi connectivity index (χ4v) is 2.80. The molecule has 15 heavy (non-hydrogen) atoms. The van der Waals surface area contributed by atoms with Crippen molar-refractivity contribution in [2.24, 2.45) is 0 Å². The van der Waals surface area contributed by atoms with E-state index in [0.717, 1.165) is 3.57 Å². The lowest BCUT2D eigenvalue weighted by molar-refractivity contribution is 0.571. The van der Waals surface area contributed by atoms with Crippen molar-refractivity contribution in [1.82, 2.24) is 4.72 Å².